The number of halogens is 1. The second-order valence-corrected chi connectivity index (χ2v) is 7.71. The number of nitrogens with one attached hydrogen (secondary N) is 2. The number of hydrogen-bond acceptors (Lipinski definition) is 3. The largest absolute Gasteiger partial charge is 0.356 e. The molecule has 2 amide bonds. The van der Waals surface area contributed by atoms with Crippen LogP contribution in [0.2, 0.25) is 5.02 Å². The first-order valence-electron chi connectivity index (χ1n) is 8.77. The molecule has 140 valence electrons. The third-order valence-electron chi connectivity index (χ3n) is 4.32. The number of hydrogen-bond donors (Lipinski definition) is 2. The number of rotatable bonds is 7. The van der Waals surface area contributed by atoms with E-state index in [0.717, 1.165) is 12.0 Å². The number of carbonyl (C=O) groups excluding carboxylic acids is 2. The Balaban J connectivity index is 1.57. The fourth-order valence-corrected chi connectivity index (χ4v) is 4.14. The Morgan fingerprint density at radius 1 is 1.11 bits per heavy atom. The lowest BCUT2D eigenvalue weighted by atomic mass is 10.0. The van der Waals surface area contributed by atoms with Gasteiger partial charge in [0.15, 0.2) is 0 Å². The summed E-state index contributed by atoms with van der Waals surface area (Å²) < 4.78 is 1.26. The number of amides is 2. The average molecular weight is 401 g/mol. The summed E-state index contributed by atoms with van der Waals surface area (Å²) in [4.78, 5) is 23.9. The van der Waals surface area contributed by atoms with Crippen molar-refractivity contribution in [1.82, 2.24) is 10.6 Å². The van der Waals surface area contributed by atoms with E-state index in [1.54, 1.807) is 23.5 Å². The van der Waals surface area contributed by atoms with Crippen LogP contribution < -0.4 is 10.6 Å². The predicted molar refractivity (Wildman–Crippen MR) is 111 cm³/mol. The molecule has 0 bridgehead atoms. The summed E-state index contributed by atoms with van der Waals surface area (Å²) >= 11 is 7.64. The Morgan fingerprint density at radius 2 is 1.85 bits per heavy atom. The van der Waals surface area contributed by atoms with Gasteiger partial charge in [-0.15, -0.1) is 11.3 Å². The minimum atomic E-state index is -0.373. The fraction of sp³-hybridized carbons (Fsp3) is 0.238. The topological polar surface area (TPSA) is 58.2 Å². The Labute approximate surface area is 167 Å². The molecule has 0 saturated carbocycles. The lowest BCUT2D eigenvalue weighted by molar-refractivity contribution is -0.122. The Kier molecular flexibility index (Phi) is 6.48. The van der Waals surface area contributed by atoms with E-state index in [0.29, 0.717) is 11.6 Å². The molecule has 0 fully saturated rings. The van der Waals surface area contributed by atoms with Gasteiger partial charge in [0.05, 0.1) is 12.5 Å². The lowest BCUT2D eigenvalue weighted by Crippen LogP contribution is -2.33. The highest BCUT2D eigenvalue weighted by Gasteiger charge is 2.17. The van der Waals surface area contributed by atoms with Crippen molar-refractivity contribution in [1.29, 1.82) is 0 Å². The van der Waals surface area contributed by atoms with Gasteiger partial charge < -0.3 is 10.6 Å². The number of carbonyl (C=O) groups is 2. The van der Waals surface area contributed by atoms with Crippen LogP contribution in [0.3, 0.4) is 0 Å². The molecule has 1 heterocycles. The summed E-state index contributed by atoms with van der Waals surface area (Å²) in [7, 11) is 0. The maximum Gasteiger partial charge on any atom is 0.222 e. The van der Waals surface area contributed by atoms with Crippen LogP contribution in [0, 0.1) is 0 Å². The molecule has 1 unspecified atom stereocenters. The maximum absolute atomic E-state index is 12.4. The first-order valence-corrected chi connectivity index (χ1v) is 10.0. The summed E-state index contributed by atoms with van der Waals surface area (Å²) in [5.41, 5.74) is 2.10. The monoisotopic (exact) mass is 400 g/mol. The van der Waals surface area contributed by atoms with Crippen LogP contribution in [0.25, 0.3) is 10.1 Å². The van der Waals surface area contributed by atoms with Crippen LogP contribution >= 0.6 is 22.9 Å². The molecule has 2 N–H and O–H groups in total. The van der Waals surface area contributed by atoms with Crippen LogP contribution in [0.4, 0.5) is 0 Å². The Hall–Kier alpha value is -2.37. The zero-order valence-corrected chi connectivity index (χ0v) is 16.6. The van der Waals surface area contributed by atoms with Crippen LogP contribution in [-0.2, 0) is 16.0 Å². The van der Waals surface area contributed by atoms with Crippen LogP contribution in [0.5, 0.6) is 0 Å². The molecular weight excluding hydrogens is 380 g/mol. The van der Waals surface area contributed by atoms with E-state index >= 15 is 0 Å². The van der Waals surface area contributed by atoms with Gasteiger partial charge >= 0.3 is 0 Å². The highest BCUT2D eigenvalue weighted by molar-refractivity contribution is 7.17. The maximum atomic E-state index is 12.4. The van der Waals surface area contributed by atoms with E-state index in [1.807, 2.05) is 24.3 Å². The van der Waals surface area contributed by atoms with Gasteiger partial charge in [-0.3, -0.25) is 9.59 Å². The van der Waals surface area contributed by atoms with Crippen LogP contribution in [0.1, 0.15) is 30.5 Å². The van der Waals surface area contributed by atoms with Crippen molar-refractivity contribution in [3.8, 4) is 0 Å². The number of thiophene rings is 1. The van der Waals surface area contributed by atoms with Gasteiger partial charge in [0.25, 0.3) is 0 Å². The van der Waals surface area contributed by atoms with Crippen molar-refractivity contribution in [2.75, 3.05) is 6.54 Å². The Morgan fingerprint density at radius 3 is 2.59 bits per heavy atom. The summed E-state index contributed by atoms with van der Waals surface area (Å²) in [5, 5.41) is 9.80. The van der Waals surface area contributed by atoms with E-state index in [9.17, 15) is 9.59 Å². The normalized spacial score (nSPS) is 11.9. The zero-order valence-electron chi connectivity index (χ0n) is 15.0. The van der Waals surface area contributed by atoms with Gasteiger partial charge in [0.1, 0.15) is 0 Å². The fourth-order valence-electron chi connectivity index (χ4n) is 3.01. The lowest BCUT2D eigenvalue weighted by Gasteiger charge is -2.18. The van der Waals surface area contributed by atoms with E-state index < -0.39 is 0 Å². The molecule has 0 radical (unpaired) electrons. The third kappa shape index (κ3) is 5.31. The second-order valence-electron chi connectivity index (χ2n) is 6.37. The van der Waals surface area contributed by atoms with Crippen molar-refractivity contribution < 1.29 is 9.59 Å². The summed E-state index contributed by atoms with van der Waals surface area (Å²) in [6, 6.07) is 15.1. The smallest absolute Gasteiger partial charge is 0.222 e. The SMILES string of the molecule is CC(=O)NC(CC(=O)NCCc1csc2ccccc12)c1ccc(Cl)cc1. The van der Waals surface area contributed by atoms with Crippen LogP contribution in [-0.4, -0.2) is 18.4 Å². The highest BCUT2D eigenvalue weighted by Crippen LogP contribution is 2.25. The predicted octanol–water partition coefficient (Wildman–Crippen LogP) is 4.48. The Bertz CT molecular complexity index is 937. The van der Waals surface area contributed by atoms with E-state index in [2.05, 4.69) is 28.1 Å². The molecule has 0 spiro atoms. The first kappa shape index (κ1) is 19.4. The summed E-state index contributed by atoms with van der Waals surface area (Å²) in [6.07, 6.45) is 0.965. The number of benzene rings is 2. The highest BCUT2D eigenvalue weighted by atomic mass is 35.5. The van der Waals surface area contributed by atoms with Gasteiger partial charge in [-0.2, -0.15) is 0 Å². The van der Waals surface area contributed by atoms with E-state index in [4.69, 9.17) is 11.6 Å². The minimum Gasteiger partial charge on any atom is -0.356 e. The van der Waals surface area contributed by atoms with Crippen molar-refractivity contribution in [2.45, 2.75) is 25.8 Å². The molecule has 2 aromatic carbocycles. The van der Waals surface area contributed by atoms with Crippen molar-refractivity contribution in [2.24, 2.45) is 0 Å². The van der Waals surface area contributed by atoms with E-state index in [-0.39, 0.29) is 24.3 Å². The molecule has 6 heteroatoms. The molecular formula is C21H21ClN2O2S. The van der Waals surface area contributed by atoms with Gasteiger partial charge in [-0.25, -0.2) is 0 Å². The average Bonchev–Trinajstić information content (AvgIpc) is 3.05. The molecule has 0 aliphatic carbocycles. The third-order valence-corrected chi connectivity index (χ3v) is 5.58. The number of fused-ring (bicyclic) bond motifs is 1. The van der Waals surface area contributed by atoms with Crippen LogP contribution in [0.15, 0.2) is 53.9 Å². The molecule has 0 aliphatic rings. The van der Waals surface area contributed by atoms with Crippen molar-refractivity contribution in [3.05, 3.63) is 70.1 Å². The summed E-state index contributed by atoms with van der Waals surface area (Å²) in [6.45, 7) is 2.01. The molecule has 27 heavy (non-hydrogen) atoms. The quantitative estimate of drug-likeness (QED) is 0.614. The zero-order chi connectivity index (χ0) is 19.2. The molecule has 1 atom stereocenters. The standard InChI is InChI=1S/C21H21ClN2O2S/c1-14(25)24-19(15-6-8-17(22)9-7-15)12-21(26)23-11-10-16-13-27-20-5-3-2-4-18(16)20/h2-9,13,19H,10-12H2,1H3,(H,23,26)(H,24,25). The molecule has 0 saturated heterocycles. The van der Waals surface area contributed by atoms with Crippen molar-refractivity contribution in [3.63, 3.8) is 0 Å². The van der Waals surface area contributed by atoms with E-state index in [1.165, 1.54) is 22.6 Å². The first-order chi connectivity index (χ1) is 13.0. The molecule has 3 aromatic rings. The molecule has 1 aromatic heterocycles. The van der Waals surface area contributed by atoms with Gasteiger partial charge in [-0.1, -0.05) is 41.9 Å². The summed E-state index contributed by atoms with van der Waals surface area (Å²) in [5.74, 6) is -0.268. The van der Waals surface area contributed by atoms with Gasteiger partial charge in [-0.05, 0) is 46.5 Å². The van der Waals surface area contributed by atoms with Gasteiger partial charge in [0.2, 0.25) is 11.8 Å². The van der Waals surface area contributed by atoms with Gasteiger partial charge in [0, 0.05) is 23.2 Å². The van der Waals surface area contributed by atoms with Crippen molar-refractivity contribution >= 4 is 44.8 Å². The minimum absolute atomic E-state index is 0.0942. The second kappa shape index (κ2) is 9.02. The molecule has 3 rings (SSSR count). The molecule has 4 nitrogen and oxygen atoms in total. The molecule has 0 aliphatic heterocycles.